The zero-order chi connectivity index (χ0) is 30.6. The highest BCUT2D eigenvalue weighted by Gasteiger charge is 2.57. The molecule has 14 nitrogen and oxygen atoms in total. The SMILES string of the molecule is C[C@H](NP(=O)(OC[C@@]1(C#N)O[C@@H](c2ccc3c(N)ncnn23)[C@@H](O)[C@@H]1O)Oc1ccccc1)C(=O)OCc1ccccc1. The van der Waals surface area contributed by atoms with Crippen molar-refractivity contribution in [3.63, 3.8) is 0 Å². The molecular formula is C28H29N6O8P. The number of benzene rings is 2. The van der Waals surface area contributed by atoms with Crippen molar-refractivity contribution in [3.8, 4) is 11.8 Å². The largest absolute Gasteiger partial charge is 0.460 e. The predicted octanol–water partition coefficient (Wildman–Crippen LogP) is 2.29. The van der Waals surface area contributed by atoms with Gasteiger partial charge in [0.05, 0.1) is 5.69 Å². The Bertz CT molecular complexity index is 1670. The first-order valence-corrected chi connectivity index (χ1v) is 14.7. The second-order valence-electron chi connectivity index (χ2n) is 9.80. The number of anilines is 1. The number of carbonyl (C=O) groups is 1. The summed E-state index contributed by atoms with van der Waals surface area (Å²) in [4.78, 5) is 16.7. The fraction of sp³-hybridized carbons (Fsp3) is 0.286. The van der Waals surface area contributed by atoms with Crippen LogP contribution in [0.5, 0.6) is 5.75 Å². The van der Waals surface area contributed by atoms with Gasteiger partial charge in [-0.15, -0.1) is 0 Å². The Morgan fingerprint density at radius 3 is 2.58 bits per heavy atom. The van der Waals surface area contributed by atoms with E-state index in [2.05, 4.69) is 15.2 Å². The molecule has 15 heteroatoms. The predicted molar refractivity (Wildman–Crippen MR) is 151 cm³/mol. The number of nitrogens with zero attached hydrogens (tertiary/aromatic N) is 4. The van der Waals surface area contributed by atoms with Crippen molar-refractivity contribution in [2.45, 2.75) is 43.5 Å². The van der Waals surface area contributed by atoms with E-state index in [-0.39, 0.29) is 23.9 Å². The minimum Gasteiger partial charge on any atom is -0.460 e. The average Bonchev–Trinajstić information content (AvgIpc) is 3.55. The summed E-state index contributed by atoms with van der Waals surface area (Å²) in [5.41, 5.74) is 5.16. The van der Waals surface area contributed by atoms with E-state index in [1.807, 2.05) is 12.1 Å². The van der Waals surface area contributed by atoms with Crippen LogP contribution in [0, 0.1) is 11.3 Å². The number of rotatable bonds is 11. The number of hydrogen-bond donors (Lipinski definition) is 4. The van der Waals surface area contributed by atoms with Crippen molar-refractivity contribution in [2.24, 2.45) is 0 Å². The lowest BCUT2D eigenvalue weighted by Crippen LogP contribution is -2.46. The highest BCUT2D eigenvalue weighted by atomic mass is 31.2. The van der Waals surface area contributed by atoms with E-state index in [9.17, 15) is 24.8 Å². The fourth-order valence-electron chi connectivity index (χ4n) is 4.51. The van der Waals surface area contributed by atoms with Crippen molar-refractivity contribution in [1.29, 1.82) is 5.26 Å². The number of fused-ring (bicyclic) bond motifs is 1. The second kappa shape index (κ2) is 12.5. The monoisotopic (exact) mass is 608 g/mol. The lowest BCUT2D eigenvalue weighted by molar-refractivity contribution is -0.146. The molecule has 1 unspecified atom stereocenters. The quantitative estimate of drug-likeness (QED) is 0.143. The minimum absolute atomic E-state index is 0.0156. The number of nitrogens with one attached hydrogen (secondary N) is 1. The van der Waals surface area contributed by atoms with Gasteiger partial charge in [-0.2, -0.15) is 15.4 Å². The van der Waals surface area contributed by atoms with E-state index in [1.165, 1.54) is 29.9 Å². The van der Waals surface area contributed by atoms with Gasteiger partial charge in [0.25, 0.3) is 0 Å². The molecule has 2 aromatic carbocycles. The smallest absolute Gasteiger partial charge is 0.459 e. The van der Waals surface area contributed by atoms with E-state index in [0.29, 0.717) is 5.52 Å². The number of ether oxygens (including phenoxy) is 2. The van der Waals surface area contributed by atoms with Gasteiger partial charge in [-0.05, 0) is 36.8 Å². The van der Waals surface area contributed by atoms with E-state index < -0.39 is 50.3 Å². The summed E-state index contributed by atoms with van der Waals surface area (Å²) in [6.45, 7) is 0.573. The third-order valence-electron chi connectivity index (χ3n) is 6.79. The molecule has 0 spiro atoms. The Labute approximate surface area is 246 Å². The summed E-state index contributed by atoms with van der Waals surface area (Å²) >= 11 is 0. The maximum Gasteiger partial charge on any atom is 0.459 e. The molecule has 5 rings (SSSR count). The molecule has 2 aromatic heterocycles. The van der Waals surface area contributed by atoms with Gasteiger partial charge >= 0.3 is 13.7 Å². The highest BCUT2D eigenvalue weighted by molar-refractivity contribution is 7.52. The summed E-state index contributed by atoms with van der Waals surface area (Å²) in [7, 11) is -4.44. The number of carbonyl (C=O) groups excluding carboxylic acids is 1. The standard InChI is InChI=1S/C28H29N6O8P/c1-18(27(37)39-14-19-8-4-2-5-9-19)33-43(38,42-20-10-6-3-7-11-20)40-16-28(15-29)25(36)23(35)24(41-28)21-12-13-22-26(30)31-17-32-34(21)22/h2-13,17-18,23-25,35-36H,14,16H2,1H3,(H,33,38)(H2,30,31,32)/t18-,23+,24-,25-,28+,43?/m0/s1. The normalized spacial score (nSPS) is 23.7. The summed E-state index contributed by atoms with van der Waals surface area (Å²) in [5, 5.41) is 38.6. The molecule has 0 saturated carbocycles. The van der Waals surface area contributed by atoms with Gasteiger partial charge in [0.1, 0.15) is 61.2 Å². The second-order valence-corrected chi connectivity index (χ2v) is 11.5. The van der Waals surface area contributed by atoms with Crippen molar-refractivity contribution in [2.75, 3.05) is 12.3 Å². The first kappa shape index (κ1) is 30.1. The lowest BCUT2D eigenvalue weighted by atomic mass is 9.96. The number of nitrogen functional groups attached to an aromatic ring is 1. The number of nitrogens with two attached hydrogens (primary N) is 1. The van der Waals surface area contributed by atoms with Gasteiger partial charge < -0.3 is 29.9 Å². The fourth-order valence-corrected chi connectivity index (χ4v) is 6.03. The minimum atomic E-state index is -4.44. The van der Waals surface area contributed by atoms with Gasteiger partial charge in [-0.3, -0.25) is 9.32 Å². The molecule has 4 aromatic rings. The number of nitriles is 1. The first-order chi connectivity index (χ1) is 20.6. The molecule has 0 radical (unpaired) electrons. The lowest BCUT2D eigenvalue weighted by Gasteiger charge is -2.28. The highest BCUT2D eigenvalue weighted by Crippen LogP contribution is 2.48. The zero-order valence-corrected chi connectivity index (χ0v) is 23.8. The number of esters is 1. The molecule has 43 heavy (non-hydrogen) atoms. The van der Waals surface area contributed by atoms with Crippen molar-refractivity contribution >= 4 is 25.1 Å². The average molecular weight is 609 g/mol. The maximum absolute atomic E-state index is 14.0. The van der Waals surface area contributed by atoms with Crippen LogP contribution in [-0.4, -0.2) is 61.2 Å². The molecule has 3 heterocycles. The van der Waals surface area contributed by atoms with E-state index >= 15 is 0 Å². The molecule has 224 valence electrons. The van der Waals surface area contributed by atoms with Crippen molar-refractivity contribution in [1.82, 2.24) is 19.7 Å². The van der Waals surface area contributed by atoms with Crippen molar-refractivity contribution < 1.29 is 38.1 Å². The number of aromatic nitrogens is 3. The summed E-state index contributed by atoms with van der Waals surface area (Å²) < 4.78 is 37.8. The van der Waals surface area contributed by atoms with Crippen LogP contribution >= 0.6 is 7.75 Å². The van der Waals surface area contributed by atoms with Crippen LogP contribution in [-0.2, 0) is 30.0 Å². The van der Waals surface area contributed by atoms with Gasteiger partial charge in [0, 0.05) is 0 Å². The van der Waals surface area contributed by atoms with Crippen LogP contribution in [0.3, 0.4) is 0 Å². The molecule has 1 aliphatic rings. The number of para-hydroxylation sites is 1. The zero-order valence-electron chi connectivity index (χ0n) is 22.9. The molecule has 5 N–H and O–H groups in total. The Morgan fingerprint density at radius 2 is 1.88 bits per heavy atom. The van der Waals surface area contributed by atoms with E-state index in [1.54, 1.807) is 54.6 Å². The molecule has 1 saturated heterocycles. The molecule has 0 aliphatic carbocycles. The number of aliphatic hydroxyl groups excluding tert-OH is 2. The van der Waals surface area contributed by atoms with Crippen LogP contribution < -0.4 is 15.3 Å². The summed E-state index contributed by atoms with van der Waals surface area (Å²) in [6.07, 6.45) is -3.44. The third kappa shape index (κ3) is 6.37. The third-order valence-corrected chi connectivity index (χ3v) is 8.41. The molecular weight excluding hydrogens is 579 g/mol. The van der Waals surface area contributed by atoms with Gasteiger partial charge in [-0.25, -0.2) is 14.1 Å². The van der Waals surface area contributed by atoms with Gasteiger partial charge in [0.15, 0.2) is 5.82 Å². The summed E-state index contributed by atoms with van der Waals surface area (Å²) in [6, 6.07) is 20.8. The molecule has 1 fully saturated rings. The van der Waals surface area contributed by atoms with E-state index in [0.717, 1.165) is 5.56 Å². The van der Waals surface area contributed by atoms with E-state index in [4.69, 9.17) is 24.3 Å². The topological polar surface area (TPSA) is 204 Å². The van der Waals surface area contributed by atoms with Crippen molar-refractivity contribution in [3.05, 3.63) is 90.4 Å². The Balaban J connectivity index is 1.35. The molecule has 0 bridgehead atoms. The molecule has 6 atom stereocenters. The maximum atomic E-state index is 14.0. The van der Waals surface area contributed by atoms with Crippen LogP contribution in [0.4, 0.5) is 5.82 Å². The molecule has 1 aliphatic heterocycles. The Morgan fingerprint density at radius 1 is 1.19 bits per heavy atom. The number of hydrogen-bond acceptors (Lipinski definition) is 12. The number of aliphatic hydroxyl groups is 2. The summed E-state index contributed by atoms with van der Waals surface area (Å²) in [5.74, 6) is -0.434. The van der Waals surface area contributed by atoms with Crippen LogP contribution in [0.15, 0.2) is 79.1 Å². The van der Waals surface area contributed by atoms with Gasteiger partial charge in [-0.1, -0.05) is 48.5 Å². The first-order valence-electron chi connectivity index (χ1n) is 13.2. The van der Waals surface area contributed by atoms with Crippen LogP contribution in [0.2, 0.25) is 0 Å². The Kier molecular flexibility index (Phi) is 8.74. The van der Waals surface area contributed by atoms with Crippen LogP contribution in [0.1, 0.15) is 24.3 Å². The van der Waals surface area contributed by atoms with Gasteiger partial charge in [0.2, 0.25) is 5.60 Å². The molecule has 0 amide bonds. The van der Waals surface area contributed by atoms with Crippen LogP contribution in [0.25, 0.3) is 5.52 Å². The Hall–Kier alpha value is -4.35.